The average Bonchev–Trinajstić information content (AvgIpc) is 3.36. The fraction of sp³-hybridized carbons (Fsp3) is 0.690. The molecule has 3 heterocycles. The summed E-state index contributed by atoms with van der Waals surface area (Å²) in [4.78, 5) is 24.3. The van der Waals surface area contributed by atoms with E-state index >= 15 is 0 Å². The van der Waals surface area contributed by atoms with Gasteiger partial charge >= 0.3 is 0 Å². The maximum absolute atomic E-state index is 13.0. The molecule has 9 heteroatoms. The van der Waals surface area contributed by atoms with Crippen molar-refractivity contribution in [1.29, 1.82) is 0 Å². The summed E-state index contributed by atoms with van der Waals surface area (Å²) in [6.07, 6.45) is 13.8. The molecule has 0 spiro atoms. The Kier molecular flexibility index (Phi) is 11.6. The topological polar surface area (TPSA) is 57.6 Å². The normalized spacial score (nSPS) is 19.3. The van der Waals surface area contributed by atoms with Crippen LogP contribution in [0.3, 0.4) is 0 Å². The van der Waals surface area contributed by atoms with E-state index in [2.05, 4.69) is 21.8 Å². The Bertz CT molecular complexity index is 965. The second kappa shape index (κ2) is 15.1. The molecule has 3 aliphatic heterocycles. The smallest absolute Gasteiger partial charge is 0.256 e. The highest BCUT2D eigenvalue weighted by molar-refractivity contribution is 8.22. The molecule has 210 valence electrons. The average molecular weight is 561 g/mol. The monoisotopic (exact) mass is 560 g/mol. The molecule has 0 saturated carbocycles. The first-order valence-corrected chi connectivity index (χ1v) is 15.8. The summed E-state index contributed by atoms with van der Waals surface area (Å²) in [5, 5.41) is 0. The molecule has 7 nitrogen and oxygen atoms in total. The lowest BCUT2D eigenvalue weighted by Gasteiger charge is -2.33. The molecule has 0 N–H and O–H groups in total. The van der Waals surface area contributed by atoms with Crippen LogP contribution in [-0.2, 0) is 0 Å². The first kappa shape index (κ1) is 29.2. The van der Waals surface area contributed by atoms with Crippen molar-refractivity contribution in [2.24, 2.45) is 4.99 Å². The molecule has 1 aromatic rings. The number of aliphatic imine (C=N–C) groups is 1. The number of ether oxygens (including phenoxy) is 2. The minimum absolute atomic E-state index is 0.0396. The third kappa shape index (κ3) is 8.09. The fourth-order valence-corrected chi connectivity index (χ4v) is 6.63. The van der Waals surface area contributed by atoms with Crippen LogP contribution in [0.2, 0.25) is 0 Å². The van der Waals surface area contributed by atoms with Gasteiger partial charge in [0.25, 0.3) is 5.91 Å². The van der Waals surface area contributed by atoms with E-state index in [-0.39, 0.29) is 11.9 Å². The maximum Gasteiger partial charge on any atom is 0.256 e. The van der Waals surface area contributed by atoms with Crippen molar-refractivity contribution in [1.82, 2.24) is 14.7 Å². The molecule has 38 heavy (non-hydrogen) atoms. The van der Waals surface area contributed by atoms with Gasteiger partial charge in [-0.15, -0.1) is 0 Å². The molecule has 3 aliphatic rings. The van der Waals surface area contributed by atoms with Gasteiger partial charge in [-0.1, -0.05) is 62.5 Å². The predicted molar refractivity (Wildman–Crippen MR) is 162 cm³/mol. The zero-order valence-corrected chi connectivity index (χ0v) is 24.8. The third-order valence-electron chi connectivity index (χ3n) is 7.74. The largest absolute Gasteiger partial charge is 0.493 e. The molecule has 2 fully saturated rings. The Balaban J connectivity index is 1.05. The Morgan fingerprint density at radius 2 is 1.71 bits per heavy atom. The first-order valence-electron chi connectivity index (χ1n) is 14.4. The molecular formula is C29H44N4O3S2. The lowest BCUT2D eigenvalue weighted by atomic mass is 10.1. The number of likely N-dealkylation sites (N-methyl/N-ethyl adjacent to an activating group) is 1. The van der Waals surface area contributed by atoms with E-state index in [1.807, 2.05) is 28.9 Å². The molecule has 0 bridgehead atoms. The number of benzene rings is 1. The van der Waals surface area contributed by atoms with E-state index < -0.39 is 0 Å². The highest BCUT2D eigenvalue weighted by Crippen LogP contribution is 2.38. The summed E-state index contributed by atoms with van der Waals surface area (Å²) >= 11 is 7.48. The number of unbranched alkanes of at least 4 members (excludes halogenated alkanes) is 7. The molecule has 4 rings (SSSR count). The molecule has 0 radical (unpaired) electrons. The van der Waals surface area contributed by atoms with Crippen LogP contribution < -0.4 is 9.47 Å². The summed E-state index contributed by atoms with van der Waals surface area (Å²) in [5.41, 5.74) is 1.28. The number of thiocarbonyl (C=S) groups is 1. The number of methoxy groups -OCH3 is 1. The van der Waals surface area contributed by atoms with Crippen molar-refractivity contribution < 1.29 is 14.3 Å². The molecule has 1 atom stereocenters. The maximum atomic E-state index is 13.0. The zero-order valence-electron chi connectivity index (χ0n) is 23.2. The summed E-state index contributed by atoms with van der Waals surface area (Å²) in [6, 6.07) is 3.76. The predicted octanol–water partition coefficient (Wildman–Crippen LogP) is 5.78. The van der Waals surface area contributed by atoms with Crippen molar-refractivity contribution in [2.45, 2.75) is 70.3 Å². The van der Waals surface area contributed by atoms with Gasteiger partial charge in [0.2, 0.25) is 0 Å². The Morgan fingerprint density at radius 1 is 1.00 bits per heavy atom. The van der Waals surface area contributed by atoms with Crippen molar-refractivity contribution in [3.63, 3.8) is 0 Å². The summed E-state index contributed by atoms with van der Waals surface area (Å²) < 4.78 is 12.7. The van der Waals surface area contributed by atoms with Gasteiger partial charge in [0.05, 0.1) is 31.0 Å². The first-order chi connectivity index (χ1) is 18.6. The van der Waals surface area contributed by atoms with E-state index in [1.54, 1.807) is 13.2 Å². The van der Waals surface area contributed by atoms with Gasteiger partial charge in [-0.05, 0) is 38.8 Å². The van der Waals surface area contributed by atoms with Crippen LogP contribution in [0.5, 0.6) is 11.5 Å². The lowest BCUT2D eigenvalue weighted by molar-refractivity contribution is 0.0774. The Hall–Kier alpha value is -1.84. The standard InChI is InChI=1S/C29H44N4O3S2/c1-31-14-16-32(17-15-31)29(37)38-19-10-8-6-4-3-5-7-9-18-36-27-21-25-24(20-26(27)35-2)28(34)33-13-11-12-23(33)22-30-25/h20-23H,3-19H2,1-2H3/t23-/m0/s1. The number of amides is 1. The Labute approximate surface area is 238 Å². The van der Waals surface area contributed by atoms with E-state index in [9.17, 15) is 4.79 Å². The number of hydrogen-bond donors (Lipinski definition) is 0. The van der Waals surface area contributed by atoms with Crippen molar-refractivity contribution in [3.05, 3.63) is 17.7 Å². The number of fused-ring (bicyclic) bond motifs is 2. The van der Waals surface area contributed by atoms with Gasteiger partial charge < -0.3 is 24.2 Å². The van der Waals surface area contributed by atoms with Gasteiger partial charge in [0.1, 0.15) is 4.32 Å². The summed E-state index contributed by atoms with van der Waals surface area (Å²) in [6.45, 7) is 5.82. The van der Waals surface area contributed by atoms with Crippen molar-refractivity contribution in [2.75, 3.05) is 59.2 Å². The number of hydrogen-bond acceptors (Lipinski definition) is 7. The molecule has 0 unspecified atom stereocenters. The summed E-state index contributed by atoms with van der Waals surface area (Å²) in [7, 11) is 3.80. The second-order valence-corrected chi connectivity index (χ2v) is 12.3. The van der Waals surface area contributed by atoms with Crippen LogP contribution in [0.4, 0.5) is 5.69 Å². The quantitative estimate of drug-likeness (QED) is 0.224. The van der Waals surface area contributed by atoms with Gasteiger partial charge in [-0.3, -0.25) is 9.79 Å². The van der Waals surface area contributed by atoms with Crippen LogP contribution >= 0.6 is 24.0 Å². The third-order valence-corrected chi connectivity index (χ3v) is 9.35. The highest BCUT2D eigenvalue weighted by atomic mass is 32.2. The molecule has 0 aromatic heterocycles. The van der Waals surface area contributed by atoms with E-state index in [1.165, 1.54) is 38.5 Å². The van der Waals surface area contributed by atoms with Crippen LogP contribution in [0, 0.1) is 0 Å². The summed E-state index contributed by atoms with van der Waals surface area (Å²) in [5.74, 6) is 2.46. The van der Waals surface area contributed by atoms with Crippen LogP contribution in [-0.4, -0.2) is 96.4 Å². The second-order valence-electron chi connectivity index (χ2n) is 10.6. The molecule has 1 aromatic carbocycles. The zero-order chi connectivity index (χ0) is 26.7. The highest BCUT2D eigenvalue weighted by Gasteiger charge is 2.32. The molecule has 2 saturated heterocycles. The molecular weight excluding hydrogens is 516 g/mol. The van der Waals surface area contributed by atoms with Gasteiger partial charge in [-0.2, -0.15) is 0 Å². The minimum atomic E-state index is 0.0396. The molecule has 1 amide bonds. The number of rotatable bonds is 13. The lowest BCUT2D eigenvalue weighted by Crippen LogP contribution is -2.45. The van der Waals surface area contributed by atoms with Crippen LogP contribution in [0.15, 0.2) is 17.1 Å². The number of piperazine rings is 1. The minimum Gasteiger partial charge on any atom is -0.493 e. The van der Waals surface area contributed by atoms with E-state index in [0.717, 1.165) is 68.5 Å². The van der Waals surface area contributed by atoms with Crippen LogP contribution in [0.25, 0.3) is 0 Å². The van der Waals surface area contributed by atoms with Crippen molar-refractivity contribution in [3.8, 4) is 11.5 Å². The van der Waals surface area contributed by atoms with Gasteiger partial charge in [0, 0.05) is 50.8 Å². The molecule has 0 aliphatic carbocycles. The number of carbonyl (C=O) groups is 1. The fourth-order valence-electron chi connectivity index (χ4n) is 5.31. The van der Waals surface area contributed by atoms with E-state index in [0.29, 0.717) is 29.4 Å². The number of thioether (sulfide) groups is 1. The Morgan fingerprint density at radius 3 is 2.45 bits per heavy atom. The van der Waals surface area contributed by atoms with Crippen LogP contribution in [0.1, 0.15) is 74.6 Å². The van der Waals surface area contributed by atoms with Gasteiger partial charge in [0.15, 0.2) is 11.5 Å². The van der Waals surface area contributed by atoms with Gasteiger partial charge in [-0.25, -0.2) is 0 Å². The SMILES string of the molecule is COc1cc2c(cc1OCCCCCCCCCCSC(=S)N1CCN(C)CC1)N=C[C@@H]1CCCN1C2=O. The van der Waals surface area contributed by atoms with Crippen molar-refractivity contribution >= 4 is 46.1 Å². The number of nitrogens with zero attached hydrogens (tertiary/aromatic N) is 4. The van der Waals surface area contributed by atoms with E-state index in [4.69, 9.17) is 21.7 Å². The number of carbonyl (C=O) groups excluding carboxylic acids is 1.